The summed E-state index contributed by atoms with van der Waals surface area (Å²) in [7, 11) is 1.73. The first kappa shape index (κ1) is 13.0. The Bertz CT molecular complexity index is 799. The third-order valence-electron chi connectivity index (χ3n) is 3.07. The maximum Gasteiger partial charge on any atom is 0.331 e. The van der Waals surface area contributed by atoms with Crippen molar-refractivity contribution in [3.63, 3.8) is 0 Å². The Morgan fingerprint density at radius 3 is 2.86 bits per heavy atom. The van der Waals surface area contributed by atoms with Crippen molar-refractivity contribution in [2.75, 3.05) is 5.32 Å². The van der Waals surface area contributed by atoms with Crippen molar-refractivity contribution < 1.29 is 9.90 Å². The fraction of sp³-hybridized carbons (Fsp3) is 0.143. The van der Waals surface area contributed by atoms with Crippen LogP contribution in [0.1, 0.15) is 11.6 Å². The highest BCUT2D eigenvalue weighted by Gasteiger charge is 2.22. The lowest BCUT2D eigenvalue weighted by atomic mass is 10.1. The van der Waals surface area contributed by atoms with E-state index < -0.39 is 12.0 Å². The van der Waals surface area contributed by atoms with Crippen molar-refractivity contribution in [3.8, 4) is 0 Å². The number of nitrogens with zero attached hydrogens (tertiary/aromatic N) is 4. The van der Waals surface area contributed by atoms with Crippen LogP contribution in [-0.2, 0) is 11.8 Å². The molecule has 0 aliphatic carbocycles. The summed E-state index contributed by atoms with van der Waals surface area (Å²) in [6.45, 7) is 0. The number of benzene rings is 1. The van der Waals surface area contributed by atoms with Gasteiger partial charge in [0.05, 0.1) is 11.7 Å². The van der Waals surface area contributed by atoms with Gasteiger partial charge in [-0.05, 0) is 6.07 Å². The zero-order chi connectivity index (χ0) is 14.8. The van der Waals surface area contributed by atoms with Crippen LogP contribution in [0.2, 0.25) is 0 Å². The minimum absolute atomic E-state index is 0.268. The van der Waals surface area contributed by atoms with E-state index in [-0.39, 0.29) is 5.95 Å². The van der Waals surface area contributed by atoms with Gasteiger partial charge >= 0.3 is 5.97 Å². The van der Waals surface area contributed by atoms with Gasteiger partial charge in [-0.25, -0.2) is 14.8 Å². The summed E-state index contributed by atoms with van der Waals surface area (Å²) in [6, 6.07) is 6.57. The molecule has 0 aliphatic rings. The van der Waals surface area contributed by atoms with Crippen LogP contribution in [0.4, 0.5) is 5.95 Å². The van der Waals surface area contributed by atoms with E-state index >= 15 is 0 Å². The van der Waals surface area contributed by atoms with Gasteiger partial charge in [0.1, 0.15) is 0 Å². The van der Waals surface area contributed by atoms with Gasteiger partial charge in [-0.2, -0.15) is 5.10 Å². The summed E-state index contributed by atoms with van der Waals surface area (Å²) >= 11 is 0. The van der Waals surface area contributed by atoms with Crippen LogP contribution < -0.4 is 5.32 Å². The molecule has 1 atom stereocenters. The van der Waals surface area contributed by atoms with Crippen molar-refractivity contribution in [2.45, 2.75) is 6.04 Å². The molecule has 7 nitrogen and oxygen atoms in total. The number of fused-ring (bicyclic) bond motifs is 1. The molecule has 0 aliphatic heterocycles. The highest BCUT2D eigenvalue weighted by molar-refractivity contribution is 5.80. The molecule has 0 saturated carbocycles. The Balaban J connectivity index is 1.92. The normalized spacial score (nSPS) is 12.2. The number of rotatable bonds is 4. The standard InChI is InChI=1S/C14H13N5O2/c1-19-8-10(7-16-19)12(13(20)21)18-14-15-6-9-4-2-3-5-11(9)17-14/h2-8,12H,1H3,(H,20,21)(H,15,17,18). The first-order valence-electron chi connectivity index (χ1n) is 6.33. The maximum atomic E-state index is 11.4. The van der Waals surface area contributed by atoms with Crippen LogP contribution >= 0.6 is 0 Å². The lowest BCUT2D eigenvalue weighted by molar-refractivity contribution is -0.138. The van der Waals surface area contributed by atoms with Gasteiger partial charge in [0.2, 0.25) is 5.95 Å². The number of carboxylic acids is 1. The van der Waals surface area contributed by atoms with Crippen molar-refractivity contribution in [1.29, 1.82) is 0 Å². The smallest absolute Gasteiger partial charge is 0.331 e. The Labute approximate surface area is 120 Å². The molecule has 1 aromatic carbocycles. The fourth-order valence-electron chi connectivity index (χ4n) is 2.05. The van der Waals surface area contributed by atoms with Gasteiger partial charge in [-0.3, -0.25) is 4.68 Å². The lowest BCUT2D eigenvalue weighted by Crippen LogP contribution is -2.21. The van der Waals surface area contributed by atoms with Crippen molar-refractivity contribution in [2.24, 2.45) is 7.05 Å². The second-order valence-electron chi connectivity index (χ2n) is 4.62. The molecule has 2 heterocycles. The maximum absolute atomic E-state index is 11.4. The van der Waals surface area contributed by atoms with E-state index in [1.54, 1.807) is 24.1 Å². The first-order chi connectivity index (χ1) is 10.1. The number of para-hydroxylation sites is 1. The summed E-state index contributed by atoms with van der Waals surface area (Å²) in [5.74, 6) is -0.746. The van der Waals surface area contributed by atoms with E-state index in [9.17, 15) is 9.90 Å². The largest absolute Gasteiger partial charge is 0.479 e. The van der Waals surface area contributed by atoms with Crippen LogP contribution in [0, 0.1) is 0 Å². The zero-order valence-electron chi connectivity index (χ0n) is 11.3. The van der Waals surface area contributed by atoms with Crippen LogP contribution in [0.15, 0.2) is 42.9 Å². The summed E-state index contributed by atoms with van der Waals surface area (Å²) in [6.07, 6.45) is 4.81. The van der Waals surface area contributed by atoms with Crippen molar-refractivity contribution in [3.05, 3.63) is 48.4 Å². The highest BCUT2D eigenvalue weighted by Crippen LogP contribution is 2.18. The van der Waals surface area contributed by atoms with Gasteiger partial charge < -0.3 is 10.4 Å². The summed E-state index contributed by atoms with van der Waals surface area (Å²) in [4.78, 5) is 19.9. The average Bonchev–Trinajstić information content (AvgIpc) is 2.90. The Hall–Kier alpha value is -2.96. The van der Waals surface area contributed by atoms with E-state index in [0.29, 0.717) is 5.56 Å². The molecular weight excluding hydrogens is 270 g/mol. The molecule has 0 amide bonds. The first-order valence-corrected chi connectivity index (χ1v) is 6.33. The topological polar surface area (TPSA) is 92.9 Å². The Kier molecular flexibility index (Phi) is 3.23. The van der Waals surface area contributed by atoms with E-state index in [0.717, 1.165) is 10.9 Å². The number of carboxylic acid groups (broad SMARTS) is 1. The predicted octanol–water partition coefficient (Wildman–Crippen LogP) is 1.60. The second kappa shape index (κ2) is 5.20. The average molecular weight is 283 g/mol. The molecule has 0 fully saturated rings. The van der Waals surface area contributed by atoms with Gasteiger partial charge in [0.15, 0.2) is 6.04 Å². The number of aliphatic carboxylic acids is 1. The van der Waals surface area contributed by atoms with Gasteiger partial charge in [0, 0.05) is 30.4 Å². The van der Waals surface area contributed by atoms with Crippen molar-refractivity contribution >= 4 is 22.8 Å². The molecule has 3 aromatic rings. The SMILES string of the molecule is Cn1cc(C(Nc2ncc3ccccc3n2)C(=O)O)cn1. The van der Waals surface area contributed by atoms with Gasteiger partial charge in [-0.1, -0.05) is 18.2 Å². The highest BCUT2D eigenvalue weighted by atomic mass is 16.4. The summed E-state index contributed by atoms with van der Waals surface area (Å²) < 4.78 is 1.55. The molecule has 0 spiro atoms. The number of anilines is 1. The van der Waals surface area contributed by atoms with Crippen LogP contribution in [0.3, 0.4) is 0 Å². The van der Waals surface area contributed by atoms with E-state index in [1.165, 1.54) is 6.20 Å². The Morgan fingerprint density at radius 2 is 2.14 bits per heavy atom. The molecule has 21 heavy (non-hydrogen) atoms. The molecule has 0 bridgehead atoms. The predicted molar refractivity (Wildman–Crippen MR) is 76.7 cm³/mol. The van der Waals surface area contributed by atoms with E-state index in [4.69, 9.17) is 0 Å². The minimum atomic E-state index is -1.01. The quantitative estimate of drug-likeness (QED) is 0.755. The molecule has 3 rings (SSSR count). The number of hydrogen-bond donors (Lipinski definition) is 2. The lowest BCUT2D eigenvalue weighted by Gasteiger charge is -2.12. The number of nitrogens with one attached hydrogen (secondary N) is 1. The number of carbonyl (C=O) groups is 1. The second-order valence-corrected chi connectivity index (χ2v) is 4.62. The molecule has 0 saturated heterocycles. The number of aromatic nitrogens is 4. The van der Waals surface area contributed by atoms with Crippen LogP contribution in [0.25, 0.3) is 10.9 Å². The Morgan fingerprint density at radius 1 is 1.33 bits per heavy atom. The molecule has 7 heteroatoms. The van der Waals surface area contributed by atoms with Crippen LogP contribution in [-0.4, -0.2) is 30.8 Å². The third-order valence-corrected chi connectivity index (χ3v) is 3.07. The minimum Gasteiger partial charge on any atom is -0.479 e. The summed E-state index contributed by atoms with van der Waals surface area (Å²) in [5, 5.41) is 17.1. The molecule has 106 valence electrons. The molecule has 1 unspecified atom stereocenters. The van der Waals surface area contributed by atoms with Crippen LogP contribution in [0.5, 0.6) is 0 Å². The fourth-order valence-corrected chi connectivity index (χ4v) is 2.05. The molecule has 0 radical (unpaired) electrons. The molecular formula is C14H13N5O2. The van der Waals surface area contributed by atoms with Crippen molar-refractivity contribution in [1.82, 2.24) is 19.7 Å². The zero-order valence-corrected chi connectivity index (χ0v) is 11.3. The third kappa shape index (κ3) is 2.66. The molecule has 2 aromatic heterocycles. The monoisotopic (exact) mass is 283 g/mol. The molecule has 2 N–H and O–H groups in total. The summed E-state index contributed by atoms with van der Waals surface area (Å²) in [5.41, 5.74) is 1.30. The van der Waals surface area contributed by atoms with Gasteiger partial charge in [0.25, 0.3) is 0 Å². The van der Waals surface area contributed by atoms with Gasteiger partial charge in [-0.15, -0.1) is 0 Å². The number of hydrogen-bond acceptors (Lipinski definition) is 5. The van der Waals surface area contributed by atoms with E-state index in [1.807, 2.05) is 24.3 Å². The van der Waals surface area contributed by atoms with E-state index in [2.05, 4.69) is 20.4 Å². The number of aryl methyl sites for hydroxylation is 1.